The van der Waals surface area contributed by atoms with Crippen molar-refractivity contribution in [1.82, 2.24) is 4.90 Å². The summed E-state index contributed by atoms with van der Waals surface area (Å²) in [6.07, 6.45) is 0.231. The molecular formula is C23H24Cl3NO3. The fourth-order valence-corrected chi connectivity index (χ4v) is 7.68. The normalized spacial score (nSPS) is 39.5. The summed E-state index contributed by atoms with van der Waals surface area (Å²) in [7, 11) is 5.27. The molecule has 160 valence electrons. The lowest BCUT2D eigenvalue weighted by atomic mass is 9.82. The Labute approximate surface area is 191 Å². The van der Waals surface area contributed by atoms with Gasteiger partial charge in [-0.1, -0.05) is 30.3 Å². The van der Waals surface area contributed by atoms with Crippen molar-refractivity contribution in [3.05, 3.63) is 59.2 Å². The molecule has 0 unspecified atom stereocenters. The number of hydrogen-bond donors (Lipinski definition) is 0. The second-order valence-electron chi connectivity index (χ2n) is 8.42. The van der Waals surface area contributed by atoms with E-state index >= 15 is 0 Å². The molecule has 1 saturated carbocycles. The molecule has 2 bridgehead atoms. The SMILES string of the molecule is COc1ccc(OC)c2c1[C@]1(Cl)C[C@@]2(Cl)[C@]2(O[C@H](c3ccccc3)[C@H](C)N2C)[C@@H]1Cl. The summed E-state index contributed by atoms with van der Waals surface area (Å²) in [6, 6.07) is 13.9. The number of likely N-dealkylation sites (N-methyl/N-ethyl adjacent to an activating group) is 1. The molecule has 30 heavy (non-hydrogen) atoms. The Morgan fingerprint density at radius 2 is 1.60 bits per heavy atom. The summed E-state index contributed by atoms with van der Waals surface area (Å²) in [4.78, 5) is 0.211. The molecule has 4 nitrogen and oxygen atoms in total. The van der Waals surface area contributed by atoms with Crippen molar-refractivity contribution in [3.8, 4) is 11.5 Å². The third kappa shape index (κ3) is 2.22. The third-order valence-electron chi connectivity index (χ3n) is 7.20. The molecule has 1 aliphatic heterocycles. The third-order valence-corrected chi connectivity index (χ3v) is 9.12. The van der Waals surface area contributed by atoms with E-state index in [1.807, 2.05) is 37.4 Å². The lowest BCUT2D eigenvalue weighted by Gasteiger charge is -2.48. The predicted molar refractivity (Wildman–Crippen MR) is 119 cm³/mol. The highest BCUT2D eigenvalue weighted by atomic mass is 35.5. The van der Waals surface area contributed by atoms with Crippen LogP contribution in [0.1, 0.15) is 36.1 Å². The minimum atomic E-state index is -1.01. The Morgan fingerprint density at radius 3 is 2.20 bits per heavy atom. The molecular weight excluding hydrogens is 445 g/mol. The van der Waals surface area contributed by atoms with Gasteiger partial charge in [0.05, 0.1) is 19.1 Å². The fourth-order valence-electron chi connectivity index (χ4n) is 5.76. The highest BCUT2D eigenvalue weighted by molar-refractivity contribution is 6.38. The van der Waals surface area contributed by atoms with Crippen LogP contribution >= 0.6 is 34.8 Å². The maximum Gasteiger partial charge on any atom is 0.164 e. The van der Waals surface area contributed by atoms with Crippen molar-refractivity contribution in [2.75, 3.05) is 21.3 Å². The average molecular weight is 469 g/mol. The minimum absolute atomic E-state index is 0.0453. The van der Waals surface area contributed by atoms with Gasteiger partial charge in [-0.2, -0.15) is 0 Å². The number of halogens is 3. The molecule has 7 heteroatoms. The molecule has 0 aromatic heterocycles. The topological polar surface area (TPSA) is 30.9 Å². The molecule has 1 saturated heterocycles. The lowest BCUT2D eigenvalue weighted by molar-refractivity contribution is -0.118. The lowest BCUT2D eigenvalue weighted by Crippen LogP contribution is -2.62. The van der Waals surface area contributed by atoms with Crippen LogP contribution in [-0.4, -0.2) is 43.3 Å². The van der Waals surface area contributed by atoms with Gasteiger partial charge in [0.2, 0.25) is 0 Å². The first kappa shape index (κ1) is 20.7. The highest BCUT2D eigenvalue weighted by Crippen LogP contribution is 2.76. The van der Waals surface area contributed by atoms with E-state index in [2.05, 4.69) is 24.0 Å². The first-order chi connectivity index (χ1) is 14.3. The maximum absolute atomic E-state index is 7.53. The van der Waals surface area contributed by atoms with E-state index in [4.69, 9.17) is 49.0 Å². The van der Waals surface area contributed by atoms with Crippen LogP contribution in [-0.2, 0) is 14.5 Å². The van der Waals surface area contributed by atoms with E-state index in [0.717, 1.165) is 16.7 Å². The number of alkyl halides is 3. The van der Waals surface area contributed by atoms with Crippen LogP contribution in [0, 0.1) is 0 Å². The molecule has 1 spiro atoms. The van der Waals surface area contributed by atoms with Crippen molar-refractivity contribution in [2.24, 2.45) is 0 Å². The number of rotatable bonds is 3. The van der Waals surface area contributed by atoms with Crippen LogP contribution in [0.2, 0.25) is 0 Å². The zero-order valence-electron chi connectivity index (χ0n) is 17.3. The van der Waals surface area contributed by atoms with Gasteiger partial charge in [0, 0.05) is 23.6 Å². The molecule has 2 aromatic rings. The van der Waals surface area contributed by atoms with Gasteiger partial charge < -0.3 is 14.2 Å². The van der Waals surface area contributed by atoms with E-state index in [9.17, 15) is 0 Å². The summed E-state index contributed by atoms with van der Waals surface area (Å²) in [5.41, 5.74) is 1.69. The number of hydrogen-bond acceptors (Lipinski definition) is 4. The maximum atomic E-state index is 7.53. The molecule has 2 fully saturated rings. The van der Waals surface area contributed by atoms with Crippen LogP contribution in [0.5, 0.6) is 11.5 Å². The minimum Gasteiger partial charge on any atom is -0.496 e. The van der Waals surface area contributed by atoms with Gasteiger partial charge >= 0.3 is 0 Å². The van der Waals surface area contributed by atoms with Gasteiger partial charge in [0.15, 0.2) is 5.72 Å². The number of methoxy groups -OCH3 is 2. The van der Waals surface area contributed by atoms with Gasteiger partial charge in [0.1, 0.15) is 27.9 Å². The van der Waals surface area contributed by atoms with Gasteiger partial charge in [0.25, 0.3) is 0 Å². The van der Waals surface area contributed by atoms with Crippen LogP contribution in [0.15, 0.2) is 42.5 Å². The zero-order chi connectivity index (χ0) is 21.5. The van der Waals surface area contributed by atoms with Gasteiger partial charge in [-0.3, -0.25) is 4.90 Å². The van der Waals surface area contributed by atoms with E-state index < -0.39 is 20.9 Å². The van der Waals surface area contributed by atoms with Crippen molar-refractivity contribution in [2.45, 2.75) is 46.3 Å². The number of nitrogens with zero attached hydrogens (tertiary/aromatic N) is 1. The van der Waals surface area contributed by atoms with Crippen LogP contribution in [0.25, 0.3) is 0 Å². The molecule has 5 rings (SSSR count). The summed E-state index contributed by atoms with van der Waals surface area (Å²) in [6.45, 7) is 2.13. The van der Waals surface area contributed by atoms with Crippen molar-refractivity contribution in [3.63, 3.8) is 0 Å². The Kier molecular flexibility index (Phi) is 4.60. The molecule has 1 heterocycles. The quantitative estimate of drug-likeness (QED) is 0.566. The Bertz CT molecular complexity index is 1000. The zero-order valence-corrected chi connectivity index (χ0v) is 19.6. The second-order valence-corrected chi connectivity index (χ2v) is 10.2. The van der Waals surface area contributed by atoms with Crippen LogP contribution in [0.3, 0.4) is 0 Å². The molecule has 6 atom stereocenters. The molecule has 0 N–H and O–H groups in total. The summed E-state index contributed by atoms with van der Waals surface area (Å²) < 4.78 is 18.2. The predicted octanol–water partition coefficient (Wildman–Crippen LogP) is 5.38. The van der Waals surface area contributed by atoms with Gasteiger partial charge in [-0.15, -0.1) is 34.8 Å². The van der Waals surface area contributed by atoms with Crippen LogP contribution < -0.4 is 9.47 Å². The van der Waals surface area contributed by atoms with Crippen molar-refractivity contribution < 1.29 is 14.2 Å². The van der Waals surface area contributed by atoms with Gasteiger partial charge in [-0.05, 0) is 31.7 Å². The number of ether oxygens (including phenoxy) is 3. The number of fused-ring (bicyclic) bond motifs is 6. The summed E-state index contributed by atoms with van der Waals surface area (Å²) in [5, 5.41) is -0.598. The molecule has 0 amide bonds. The molecule has 2 aromatic carbocycles. The Hall–Kier alpha value is -1.17. The van der Waals surface area contributed by atoms with Crippen molar-refractivity contribution >= 4 is 34.8 Å². The summed E-state index contributed by atoms with van der Waals surface area (Å²) >= 11 is 22.0. The van der Waals surface area contributed by atoms with E-state index in [1.54, 1.807) is 14.2 Å². The Balaban J connectivity index is 1.74. The molecule has 2 aliphatic carbocycles. The molecule has 3 aliphatic rings. The monoisotopic (exact) mass is 467 g/mol. The Morgan fingerprint density at radius 1 is 1.00 bits per heavy atom. The summed E-state index contributed by atoms with van der Waals surface area (Å²) in [5.74, 6) is 1.33. The van der Waals surface area contributed by atoms with Gasteiger partial charge in [-0.25, -0.2) is 0 Å². The first-order valence-electron chi connectivity index (χ1n) is 9.99. The second kappa shape index (κ2) is 6.66. The van der Waals surface area contributed by atoms with E-state index in [1.165, 1.54) is 0 Å². The van der Waals surface area contributed by atoms with Crippen LogP contribution in [0.4, 0.5) is 0 Å². The molecule has 0 radical (unpaired) electrons. The van der Waals surface area contributed by atoms with E-state index in [0.29, 0.717) is 17.9 Å². The average Bonchev–Trinajstić information content (AvgIpc) is 3.25. The highest BCUT2D eigenvalue weighted by Gasteiger charge is 2.81. The fraction of sp³-hybridized carbons (Fsp3) is 0.478. The number of benzene rings is 2. The smallest absolute Gasteiger partial charge is 0.164 e. The van der Waals surface area contributed by atoms with E-state index in [-0.39, 0.29) is 12.1 Å². The van der Waals surface area contributed by atoms with Crippen molar-refractivity contribution in [1.29, 1.82) is 0 Å². The largest absolute Gasteiger partial charge is 0.496 e. The first-order valence-corrected chi connectivity index (χ1v) is 11.2. The standard InChI is InChI=1S/C23H24Cl3NO3/c1-13-19(14-8-6-5-7-9-14)30-23(27(13)2)20(24)21(25)12-22(23,26)18-16(29-4)11-10-15(28-3)17(18)21/h5-11,13,19-20H,12H2,1-4H3/t13-,19-,20+,21+,22-,23+/m0/s1.